The predicted octanol–water partition coefficient (Wildman–Crippen LogP) is 1.82. The summed E-state index contributed by atoms with van der Waals surface area (Å²) in [6.07, 6.45) is 0.407. The van der Waals surface area contributed by atoms with Crippen molar-refractivity contribution in [1.29, 1.82) is 0 Å². The Bertz CT molecular complexity index is 419. The first kappa shape index (κ1) is 16.7. The normalized spacial score (nSPS) is 10.8. The molecule has 0 aliphatic rings. The lowest BCUT2D eigenvalue weighted by molar-refractivity contribution is -0.131. The fraction of sp³-hybridized carbons (Fsp3) is 0.562. The van der Waals surface area contributed by atoms with E-state index in [0.29, 0.717) is 32.0 Å². The molecule has 112 valence electrons. The van der Waals surface area contributed by atoms with E-state index >= 15 is 0 Å². The first-order chi connectivity index (χ1) is 9.58. The lowest BCUT2D eigenvalue weighted by Gasteiger charge is -2.24. The highest BCUT2D eigenvalue weighted by molar-refractivity contribution is 5.79. The molecular formula is C16H26N2O2. The maximum absolute atomic E-state index is 12.5. The Morgan fingerprint density at radius 2 is 1.95 bits per heavy atom. The third-order valence-electron chi connectivity index (χ3n) is 3.18. The van der Waals surface area contributed by atoms with Crippen LogP contribution in [0.3, 0.4) is 0 Å². The zero-order chi connectivity index (χ0) is 15.0. The van der Waals surface area contributed by atoms with Gasteiger partial charge in [-0.1, -0.05) is 38.1 Å². The highest BCUT2D eigenvalue weighted by Gasteiger charge is 2.16. The van der Waals surface area contributed by atoms with E-state index in [4.69, 9.17) is 10.5 Å². The molecule has 0 heterocycles. The predicted molar refractivity (Wildman–Crippen MR) is 81.3 cm³/mol. The number of carbonyl (C=O) groups is 1. The van der Waals surface area contributed by atoms with Crippen LogP contribution in [0.5, 0.6) is 0 Å². The van der Waals surface area contributed by atoms with Crippen LogP contribution in [0.1, 0.15) is 25.0 Å². The Labute approximate surface area is 121 Å². The fourth-order valence-electron chi connectivity index (χ4n) is 2.16. The molecule has 0 aliphatic carbocycles. The van der Waals surface area contributed by atoms with Crippen molar-refractivity contribution in [2.24, 2.45) is 11.7 Å². The summed E-state index contributed by atoms with van der Waals surface area (Å²) in [5.74, 6) is 0.581. The Kier molecular flexibility index (Phi) is 7.26. The van der Waals surface area contributed by atoms with Crippen LogP contribution in [0.2, 0.25) is 0 Å². The molecule has 0 bridgehead atoms. The maximum Gasteiger partial charge on any atom is 0.227 e. The number of rotatable bonds is 8. The largest absolute Gasteiger partial charge is 0.383 e. The lowest BCUT2D eigenvalue weighted by Crippen LogP contribution is -2.37. The van der Waals surface area contributed by atoms with Crippen molar-refractivity contribution in [3.63, 3.8) is 0 Å². The summed E-state index contributed by atoms with van der Waals surface area (Å²) in [4.78, 5) is 14.3. The zero-order valence-electron chi connectivity index (χ0n) is 12.8. The number of ether oxygens (including phenoxy) is 1. The number of hydrogen-bond donors (Lipinski definition) is 1. The van der Waals surface area contributed by atoms with Gasteiger partial charge in [-0.25, -0.2) is 0 Å². The molecule has 1 rings (SSSR count). The van der Waals surface area contributed by atoms with Gasteiger partial charge in [-0.05, 0) is 17.0 Å². The van der Waals surface area contributed by atoms with E-state index in [2.05, 4.69) is 13.8 Å². The van der Waals surface area contributed by atoms with Crippen LogP contribution in [0.15, 0.2) is 24.3 Å². The number of benzene rings is 1. The standard InChI is InChI=1S/C16H26N2O2/c1-13(2)12-18(8-9-20-3)16(19)10-14-6-4-5-7-15(14)11-17/h4-7,13H,8-12,17H2,1-3H3. The highest BCUT2D eigenvalue weighted by atomic mass is 16.5. The second kappa shape index (κ2) is 8.72. The SMILES string of the molecule is COCCN(CC(C)C)C(=O)Cc1ccccc1CN. The Morgan fingerprint density at radius 1 is 1.30 bits per heavy atom. The number of hydrogen-bond acceptors (Lipinski definition) is 3. The van der Waals surface area contributed by atoms with Crippen molar-refractivity contribution < 1.29 is 9.53 Å². The van der Waals surface area contributed by atoms with Crippen LogP contribution < -0.4 is 5.73 Å². The summed E-state index contributed by atoms with van der Waals surface area (Å²) < 4.78 is 5.09. The van der Waals surface area contributed by atoms with Crippen molar-refractivity contribution >= 4 is 5.91 Å². The van der Waals surface area contributed by atoms with Gasteiger partial charge in [0.05, 0.1) is 13.0 Å². The van der Waals surface area contributed by atoms with Crippen LogP contribution >= 0.6 is 0 Å². The molecule has 4 heteroatoms. The molecule has 0 fully saturated rings. The number of nitrogens with two attached hydrogens (primary N) is 1. The van der Waals surface area contributed by atoms with Gasteiger partial charge >= 0.3 is 0 Å². The Balaban J connectivity index is 2.73. The monoisotopic (exact) mass is 278 g/mol. The smallest absolute Gasteiger partial charge is 0.227 e. The molecule has 0 aliphatic heterocycles. The van der Waals surface area contributed by atoms with E-state index < -0.39 is 0 Å². The van der Waals surface area contributed by atoms with Gasteiger partial charge in [0.2, 0.25) is 5.91 Å². The second-order valence-corrected chi connectivity index (χ2v) is 5.38. The highest BCUT2D eigenvalue weighted by Crippen LogP contribution is 2.11. The Hall–Kier alpha value is -1.39. The molecule has 0 spiro atoms. The summed E-state index contributed by atoms with van der Waals surface area (Å²) in [5, 5.41) is 0. The quantitative estimate of drug-likeness (QED) is 0.789. The molecule has 0 aromatic heterocycles. The topological polar surface area (TPSA) is 55.6 Å². The minimum atomic E-state index is 0.136. The van der Waals surface area contributed by atoms with E-state index in [0.717, 1.165) is 17.7 Å². The number of amides is 1. The molecule has 0 unspecified atom stereocenters. The lowest BCUT2D eigenvalue weighted by atomic mass is 10.0. The van der Waals surface area contributed by atoms with Crippen molar-refractivity contribution in [2.45, 2.75) is 26.8 Å². The van der Waals surface area contributed by atoms with Crippen LogP contribution in [-0.4, -0.2) is 37.6 Å². The zero-order valence-corrected chi connectivity index (χ0v) is 12.8. The minimum Gasteiger partial charge on any atom is -0.383 e. The van der Waals surface area contributed by atoms with Crippen LogP contribution in [0.4, 0.5) is 0 Å². The molecule has 4 nitrogen and oxygen atoms in total. The van der Waals surface area contributed by atoms with E-state index in [1.165, 1.54) is 0 Å². The number of methoxy groups -OCH3 is 1. The van der Waals surface area contributed by atoms with Crippen LogP contribution in [0, 0.1) is 5.92 Å². The van der Waals surface area contributed by atoms with Gasteiger partial charge in [-0.15, -0.1) is 0 Å². The van der Waals surface area contributed by atoms with Crippen molar-refractivity contribution in [3.8, 4) is 0 Å². The van der Waals surface area contributed by atoms with E-state index in [9.17, 15) is 4.79 Å². The van der Waals surface area contributed by atoms with Gasteiger partial charge < -0.3 is 15.4 Å². The second-order valence-electron chi connectivity index (χ2n) is 5.38. The average molecular weight is 278 g/mol. The molecule has 0 saturated heterocycles. The summed E-state index contributed by atoms with van der Waals surface area (Å²) in [5.41, 5.74) is 7.78. The maximum atomic E-state index is 12.5. The van der Waals surface area contributed by atoms with Crippen LogP contribution in [-0.2, 0) is 22.5 Å². The van der Waals surface area contributed by atoms with Crippen molar-refractivity contribution in [3.05, 3.63) is 35.4 Å². The molecule has 1 aromatic rings. The Morgan fingerprint density at radius 3 is 2.50 bits per heavy atom. The average Bonchev–Trinajstić information content (AvgIpc) is 2.43. The molecule has 0 atom stereocenters. The molecule has 1 amide bonds. The van der Waals surface area contributed by atoms with Crippen molar-refractivity contribution in [2.75, 3.05) is 26.8 Å². The summed E-state index contributed by atoms with van der Waals surface area (Å²) in [6.45, 7) is 6.65. The molecular weight excluding hydrogens is 252 g/mol. The molecule has 1 aromatic carbocycles. The fourth-order valence-corrected chi connectivity index (χ4v) is 2.16. The van der Waals surface area contributed by atoms with Gasteiger partial charge in [-0.2, -0.15) is 0 Å². The van der Waals surface area contributed by atoms with Gasteiger partial charge in [0.1, 0.15) is 0 Å². The van der Waals surface area contributed by atoms with Gasteiger partial charge in [0, 0.05) is 26.7 Å². The van der Waals surface area contributed by atoms with Gasteiger partial charge in [-0.3, -0.25) is 4.79 Å². The van der Waals surface area contributed by atoms with Crippen molar-refractivity contribution in [1.82, 2.24) is 4.90 Å². The van der Waals surface area contributed by atoms with Crippen LogP contribution in [0.25, 0.3) is 0 Å². The van der Waals surface area contributed by atoms with E-state index in [1.807, 2.05) is 29.2 Å². The first-order valence-corrected chi connectivity index (χ1v) is 7.12. The number of nitrogens with zero attached hydrogens (tertiary/aromatic N) is 1. The third-order valence-corrected chi connectivity index (χ3v) is 3.18. The first-order valence-electron chi connectivity index (χ1n) is 7.12. The summed E-state index contributed by atoms with van der Waals surface area (Å²) >= 11 is 0. The van der Waals surface area contributed by atoms with Gasteiger partial charge in [0.15, 0.2) is 0 Å². The summed E-state index contributed by atoms with van der Waals surface area (Å²) in [6, 6.07) is 7.85. The van der Waals surface area contributed by atoms with E-state index in [-0.39, 0.29) is 5.91 Å². The molecule has 0 radical (unpaired) electrons. The minimum absolute atomic E-state index is 0.136. The molecule has 2 N–H and O–H groups in total. The third kappa shape index (κ3) is 5.31. The molecule has 20 heavy (non-hydrogen) atoms. The van der Waals surface area contributed by atoms with E-state index in [1.54, 1.807) is 7.11 Å². The van der Waals surface area contributed by atoms with Gasteiger partial charge in [0.25, 0.3) is 0 Å². The number of carbonyl (C=O) groups excluding carboxylic acids is 1. The molecule has 0 saturated carbocycles. The summed E-state index contributed by atoms with van der Waals surface area (Å²) in [7, 11) is 1.65.